The summed E-state index contributed by atoms with van der Waals surface area (Å²) in [5.74, 6) is 0. The smallest absolute Gasteiger partial charge is 0.372 e. The van der Waals surface area contributed by atoms with Crippen molar-refractivity contribution in [2.45, 2.75) is 6.42 Å². The van der Waals surface area contributed by atoms with Crippen molar-refractivity contribution in [3.63, 3.8) is 0 Å². The van der Waals surface area contributed by atoms with Crippen LogP contribution in [0, 0.1) is 13.8 Å². The molecule has 0 saturated heterocycles. The zero-order chi connectivity index (χ0) is 2.71. The Balaban J connectivity index is -0.0000000200. The summed E-state index contributed by atoms with van der Waals surface area (Å²) in [6.45, 7) is 6.75. The van der Waals surface area contributed by atoms with E-state index in [2.05, 4.69) is 13.8 Å². The van der Waals surface area contributed by atoms with Gasteiger partial charge in [-0.2, -0.15) is 0 Å². The molecule has 0 rings (SSSR count). The van der Waals surface area contributed by atoms with Gasteiger partial charge in [-0.25, -0.2) is 0 Å². The normalized spacial score (nSPS) is 3.60. The average molecular weight is 315 g/mol. The number of rotatable bonds is 0. The number of hydrogen-bond acceptors (Lipinski definition) is 0. The van der Waals surface area contributed by atoms with E-state index in [9.17, 15) is 0 Å². The maximum atomic E-state index is 3.38. The Morgan fingerprint density at radius 3 is 1.20 bits per heavy atom. The van der Waals surface area contributed by atoms with Crippen LogP contribution in [-0.2, 0) is 53.8 Å². The van der Waals surface area contributed by atoms with Gasteiger partial charge < -0.3 is 20.3 Å². The first-order valence-electron chi connectivity index (χ1n) is 1.000. The average Bonchev–Trinajstić information content (AvgIpc) is 0.918. The zero-order valence-corrected chi connectivity index (χ0v) is 8.88. The van der Waals surface area contributed by atoms with Crippen molar-refractivity contribution in [3.05, 3.63) is 13.8 Å². The summed E-state index contributed by atoms with van der Waals surface area (Å²) < 4.78 is 0. The van der Waals surface area contributed by atoms with Gasteiger partial charge in [0.15, 0.2) is 0 Å². The molecular formula is C3H6WY. The van der Waals surface area contributed by atoms with Crippen LogP contribution in [0.1, 0.15) is 6.42 Å². The Morgan fingerprint density at radius 2 is 1.20 bits per heavy atom. The molecule has 0 N–H and O–H groups in total. The molecule has 27 valence electrons. The Morgan fingerprint density at radius 1 is 1.20 bits per heavy atom. The second-order valence-corrected chi connectivity index (χ2v) is 0.354. The van der Waals surface area contributed by atoms with Gasteiger partial charge in [-0.05, 0) is 0 Å². The molecule has 2 heteroatoms. The third-order valence-corrected chi connectivity index (χ3v) is 0. The molecule has 0 saturated carbocycles. The van der Waals surface area contributed by atoms with E-state index >= 15 is 0 Å². The predicted octanol–water partition coefficient (Wildman–Crippen LogP) is 1.04. The van der Waals surface area contributed by atoms with Gasteiger partial charge in [0.25, 0.3) is 0 Å². The van der Waals surface area contributed by atoms with Gasteiger partial charge in [-0.1, -0.05) is 0 Å². The molecule has 5 heavy (non-hydrogen) atoms. The predicted molar refractivity (Wildman–Crippen MR) is 15.3 cm³/mol. The van der Waals surface area contributed by atoms with E-state index in [1.807, 2.05) is 0 Å². The van der Waals surface area contributed by atoms with Gasteiger partial charge in [-0.15, -0.1) is 0 Å². The van der Waals surface area contributed by atoms with E-state index in [4.69, 9.17) is 0 Å². The van der Waals surface area contributed by atoms with Crippen LogP contribution in [0.25, 0.3) is 0 Å². The van der Waals surface area contributed by atoms with Gasteiger partial charge in [0, 0.05) is 32.7 Å². The number of hydrogen-bond donors (Lipinski definition) is 0. The maximum Gasteiger partial charge on any atom is 2.00 e. The van der Waals surface area contributed by atoms with Gasteiger partial charge in [0.2, 0.25) is 0 Å². The molecule has 0 aliphatic carbocycles. The molecule has 0 heterocycles. The van der Waals surface area contributed by atoms with Crippen LogP contribution in [0.3, 0.4) is 0 Å². The summed E-state index contributed by atoms with van der Waals surface area (Å²) in [7, 11) is 0. The molecule has 0 aromatic heterocycles. The largest absolute Gasteiger partial charge is 2.00 e. The molecule has 0 fully saturated rings. The molecule has 1 radical (unpaired) electrons. The molecule has 0 nitrogen and oxygen atoms in total. The molecule has 0 atom stereocenters. The summed E-state index contributed by atoms with van der Waals surface area (Å²) in [6.07, 6.45) is 0.750. The molecule has 0 aliphatic heterocycles. The van der Waals surface area contributed by atoms with Gasteiger partial charge in [0.1, 0.15) is 0 Å². The first-order valence-corrected chi connectivity index (χ1v) is 1.000. The standard InChI is InChI=1S/C3H6.W.Y/c1-3-2;;/h1-3H2;;/q-2;+2;. The third kappa shape index (κ3) is 25.9. The quantitative estimate of drug-likeness (QED) is 0.586. The van der Waals surface area contributed by atoms with E-state index in [1.54, 1.807) is 0 Å². The van der Waals surface area contributed by atoms with Crippen LogP contribution >= 0.6 is 0 Å². The molecule has 0 aromatic rings. The van der Waals surface area contributed by atoms with Crippen molar-refractivity contribution in [1.82, 2.24) is 0 Å². The van der Waals surface area contributed by atoms with Crippen LogP contribution in [0.4, 0.5) is 0 Å². The Kier molecular flexibility index (Phi) is 54.1. The maximum absolute atomic E-state index is 3.38. The summed E-state index contributed by atoms with van der Waals surface area (Å²) >= 11 is 0. The van der Waals surface area contributed by atoms with E-state index in [0.29, 0.717) is 0 Å². The van der Waals surface area contributed by atoms with Crippen LogP contribution in [0.15, 0.2) is 0 Å². The van der Waals surface area contributed by atoms with E-state index < -0.39 is 0 Å². The molecule has 0 aromatic carbocycles. The van der Waals surface area contributed by atoms with Crippen molar-refractivity contribution in [3.8, 4) is 0 Å². The van der Waals surface area contributed by atoms with Crippen LogP contribution in [0.5, 0.6) is 0 Å². The van der Waals surface area contributed by atoms with Gasteiger partial charge >= 0.3 is 21.1 Å². The fourth-order valence-electron chi connectivity index (χ4n) is 0. The molecule has 0 aliphatic rings. The van der Waals surface area contributed by atoms with Crippen LogP contribution in [-0.4, -0.2) is 0 Å². The van der Waals surface area contributed by atoms with Crippen molar-refractivity contribution in [2.75, 3.05) is 0 Å². The molecular weight excluding hydrogens is 309 g/mol. The molecule has 0 amide bonds. The zero-order valence-electron chi connectivity index (χ0n) is 3.11. The Hall–Kier alpha value is 1.79. The van der Waals surface area contributed by atoms with Crippen LogP contribution < -0.4 is 0 Å². The first-order chi connectivity index (χ1) is 1.41. The molecule has 0 unspecified atom stereocenters. The minimum atomic E-state index is 0. The summed E-state index contributed by atoms with van der Waals surface area (Å²) in [5, 5.41) is 0. The summed E-state index contributed by atoms with van der Waals surface area (Å²) in [5.41, 5.74) is 0. The van der Waals surface area contributed by atoms with E-state index in [-0.39, 0.29) is 53.8 Å². The fourth-order valence-corrected chi connectivity index (χ4v) is 0. The second kappa shape index (κ2) is 17.1. The topological polar surface area (TPSA) is 0 Å². The Bertz CT molecular complexity index is 6.85. The van der Waals surface area contributed by atoms with Gasteiger partial charge in [0.05, 0.1) is 0 Å². The fraction of sp³-hybridized carbons (Fsp3) is 0.333. The van der Waals surface area contributed by atoms with Crippen molar-refractivity contribution in [1.29, 1.82) is 0 Å². The minimum Gasteiger partial charge on any atom is -0.372 e. The monoisotopic (exact) mass is 315 g/mol. The second-order valence-electron chi connectivity index (χ2n) is 0.354. The van der Waals surface area contributed by atoms with Crippen molar-refractivity contribution in [2.24, 2.45) is 0 Å². The first kappa shape index (κ1) is 15.8. The SMILES string of the molecule is [CH2-]C[CH2-].[W+2].[Y]. The Labute approximate surface area is 73.2 Å². The van der Waals surface area contributed by atoms with Gasteiger partial charge in [-0.3, -0.25) is 0 Å². The van der Waals surface area contributed by atoms with Crippen molar-refractivity contribution >= 4 is 0 Å². The summed E-state index contributed by atoms with van der Waals surface area (Å²) in [4.78, 5) is 0. The minimum absolute atomic E-state index is 0. The van der Waals surface area contributed by atoms with Crippen LogP contribution in [0.2, 0.25) is 0 Å². The van der Waals surface area contributed by atoms with Crippen molar-refractivity contribution < 1.29 is 53.8 Å². The summed E-state index contributed by atoms with van der Waals surface area (Å²) in [6, 6.07) is 0. The van der Waals surface area contributed by atoms with E-state index in [1.165, 1.54) is 0 Å². The van der Waals surface area contributed by atoms with E-state index in [0.717, 1.165) is 6.42 Å². The molecule has 0 bridgehead atoms. The molecule has 0 spiro atoms. The third-order valence-electron chi connectivity index (χ3n) is 0.